The number of benzene rings is 1. The fraction of sp³-hybridized carbons (Fsp3) is 0.474. The average molecular weight is 372 g/mol. The summed E-state index contributed by atoms with van der Waals surface area (Å²) in [4.78, 5) is 4.30. The zero-order valence-corrected chi connectivity index (χ0v) is 17.0. The van der Waals surface area contributed by atoms with E-state index in [2.05, 4.69) is 76.9 Å². The van der Waals surface area contributed by atoms with Crippen molar-refractivity contribution in [1.29, 1.82) is 0 Å². The van der Waals surface area contributed by atoms with E-state index in [0.717, 1.165) is 23.1 Å². The molecule has 0 radical (unpaired) electrons. The molecule has 2 aromatic heterocycles. The Kier molecular flexibility index (Phi) is 5.18. The van der Waals surface area contributed by atoms with Gasteiger partial charge < -0.3 is 9.09 Å². The molecule has 1 unspecified atom stereocenters. The molecule has 0 aliphatic heterocycles. The Morgan fingerprint density at radius 2 is 1.85 bits per heavy atom. The Morgan fingerprint density at radius 3 is 2.38 bits per heavy atom. The summed E-state index contributed by atoms with van der Waals surface area (Å²) < 4.78 is 7.39. The van der Waals surface area contributed by atoms with Crippen LogP contribution in [0.5, 0.6) is 0 Å². The lowest BCUT2D eigenvalue weighted by Gasteiger charge is -2.19. The first kappa shape index (κ1) is 18.6. The number of hydrogen-bond donors (Lipinski definition) is 0. The van der Waals surface area contributed by atoms with Crippen LogP contribution in [0, 0.1) is 6.92 Å². The fourth-order valence-electron chi connectivity index (χ4n) is 2.68. The van der Waals surface area contributed by atoms with Gasteiger partial charge in [0.1, 0.15) is 0 Å². The molecule has 3 rings (SSSR count). The Labute approximate surface area is 158 Å². The van der Waals surface area contributed by atoms with Crippen molar-refractivity contribution in [2.75, 3.05) is 0 Å². The van der Waals surface area contributed by atoms with Crippen LogP contribution < -0.4 is 0 Å². The van der Waals surface area contributed by atoms with Crippen molar-refractivity contribution in [2.24, 2.45) is 0 Å². The summed E-state index contributed by atoms with van der Waals surface area (Å²) in [6.45, 7) is 13.4. The van der Waals surface area contributed by atoms with Crippen LogP contribution in [0.2, 0.25) is 0 Å². The van der Waals surface area contributed by atoms with Crippen molar-refractivity contribution in [3.05, 3.63) is 41.5 Å². The summed E-state index contributed by atoms with van der Waals surface area (Å²) in [6.07, 6.45) is 0. The standard InChI is InChI=1S/C19H25N5OS/c1-7-24-16(14-8-10-15(11-9-14)19(4,5)6)21-22-18(24)26-12(2)17-20-13(3)23-25-17/h8-12H,7H2,1-6H3. The van der Waals surface area contributed by atoms with Gasteiger partial charge in [-0.3, -0.25) is 0 Å². The van der Waals surface area contributed by atoms with E-state index in [0.29, 0.717) is 11.7 Å². The minimum atomic E-state index is 0.0156. The maximum Gasteiger partial charge on any atom is 0.239 e. The maximum absolute atomic E-state index is 5.27. The molecule has 0 N–H and O–H groups in total. The van der Waals surface area contributed by atoms with Crippen LogP contribution in [0.25, 0.3) is 11.4 Å². The zero-order chi connectivity index (χ0) is 18.9. The summed E-state index contributed by atoms with van der Waals surface area (Å²) >= 11 is 1.58. The first-order chi connectivity index (χ1) is 12.3. The van der Waals surface area contributed by atoms with Crippen LogP contribution in [0.15, 0.2) is 33.9 Å². The van der Waals surface area contributed by atoms with Gasteiger partial charge in [-0.1, -0.05) is 62.0 Å². The quantitative estimate of drug-likeness (QED) is 0.600. The van der Waals surface area contributed by atoms with Gasteiger partial charge in [0.05, 0.1) is 5.25 Å². The Balaban J connectivity index is 1.86. The van der Waals surface area contributed by atoms with Crippen LogP contribution in [0.4, 0.5) is 0 Å². The predicted octanol–water partition coefficient (Wildman–Crippen LogP) is 4.81. The molecule has 0 spiro atoms. The van der Waals surface area contributed by atoms with Gasteiger partial charge in [-0.2, -0.15) is 4.98 Å². The minimum Gasteiger partial charge on any atom is -0.338 e. The van der Waals surface area contributed by atoms with E-state index >= 15 is 0 Å². The van der Waals surface area contributed by atoms with Crippen LogP contribution in [0.1, 0.15) is 57.1 Å². The summed E-state index contributed by atoms with van der Waals surface area (Å²) in [5, 5.41) is 13.5. The van der Waals surface area contributed by atoms with Crippen molar-refractivity contribution in [3.8, 4) is 11.4 Å². The van der Waals surface area contributed by atoms with Crippen molar-refractivity contribution in [2.45, 2.75) is 63.9 Å². The normalized spacial score (nSPS) is 13.2. The molecule has 0 bridgehead atoms. The largest absolute Gasteiger partial charge is 0.338 e. The number of nitrogens with zero attached hydrogens (tertiary/aromatic N) is 5. The number of thioether (sulfide) groups is 1. The fourth-order valence-corrected chi connectivity index (χ4v) is 3.62. The Morgan fingerprint density at radius 1 is 1.15 bits per heavy atom. The highest BCUT2D eigenvalue weighted by atomic mass is 32.2. The maximum atomic E-state index is 5.27. The second kappa shape index (κ2) is 7.23. The van der Waals surface area contributed by atoms with Crippen molar-refractivity contribution < 1.29 is 4.52 Å². The average Bonchev–Trinajstić information content (AvgIpc) is 3.20. The summed E-state index contributed by atoms with van der Waals surface area (Å²) in [5.74, 6) is 2.13. The summed E-state index contributed by atoms with van der Waals surface area (Å²) in [6, 6.07) is 8.58. The monoisotopic (exact) mass is 371 g/mol. The lowest BCUT2D eigenvalue weighted by Crippen LogP contribution is -2.10. The highest BCUT2D eigenvalue weighted by molar-refractivity contribution is 7.99. The molecule has 1 atom stereocenters. The molecular formula is C19H25N5OS. The SMILES string of the molecule is CCn1c(SC(C)c2nc(C)no2)nnc1-c1ccc(C(C)(C)C)cc1. The lowest BCUT2D eigenvalue weighted by molar-refractivity contribution is 0.376. The molecule has 0 amide bonds. The second-order valence-electron chi connectivity index (χ2n) is 7.32. The molecule has 7 heteroatoms. The van der Waals surface area contributed by atoms with Crippen LogP contribution in [0.3, 0.4) is 0 Å². The van der Waals surface area contributed by atoms with Crippen LogP contribution in [-0.4, -0.2) is 24.9 Å². The van der Waals surface area contributed by atoms with Crippen molar-refractivity contribution in [1.82, 2.24) is 24.9 Å². The van der Waals surface area contributed by atoms with Gasteiger partial charge in [0, 0.05) is 12.1 Å². The molecule has 0 saturated carbocycles. The molecule has 6 nitrogen and oxygen atoms in total. The predicted molar refractivity (Wildman–Crippen MR) is 103 cm³/mol. The zero-order valence-electron chi connectivity index (χ0n) is 16.1. The molecular weight excluding hydrogens is 346 g/mol. The number of rotatable bonds is 5. The molecule has 0 saturated heterocycles. The van der Waals surface area contributed by atoms with Gasteiger partial charge >= 0.3 is 0 Å². The molecule has 1 aromatic carbocycles. The van der Waals surface area contributed by atoms with Gasteiger partial charge in [0.25, 0.3) is 0 Å². The second-order valence-corrected chi connectivity index (χ2v) is 8.63. The summed E-state index contributed by atoms with van der Waals surface area (Å²) in [5.41, 5.74) is 2.51. The molecule has 2 heterocycles. The first-order valence-electron chi connectivity index (χ1n) is 8.80. The van der Waals surface area contributed by atoms with E-state index < -0.39 is 0 Å². The van der Waals surface area contributed by atoms with Gasteiger partial charge in [-0.25, -0.2) is 0 Å². The van der Waals surface area contributed by atoms with Crippen molar-refractivity contribution >= 4 is 11.8 Å². The van der Waals surface area contributed by atoms with Gasteiger partial charge in [-0.05, 0) is 31.7 Å². The van der Waals surface area contributed by atoms with Gasteiger partial charge in [-0.15, -0.1) is 10.2 Å². The molecule has 0 aliphatic carbocycles. The van der Waals surface area contributed by atoms with E-state index in [1.807, 2.05) is 13.8 Å². The third-order valence-electron chi connectivity index (χ3n) is 4.22. The van der Waals surface area contributed by atoms with Crippen LogP contribution >= 0.6 is 11.8 Å². The third kappa shape index (κ3) is 3.82. The van der Waals surface area contributed by atoms with Gasteiger partial charge in [0.15, 0.2) is 16.8 Å². The lowest BCUT2D eigenvalue weighted by atomic mass is 9.87. The minimum absolute atomic E-state index is 0.0156. The van der Waals surface area contributed by atoms with E-state index in [1.54, 1.807) is 11.8 Å². The van der Waals surface area contributed by atoms with E-state index in [9.17, 15) is 0 Å². The number of hydrogen-bond acceptors (Lipinski definition) is 6. The number of aromatic nitrogens is 5. The Hall–Kier alpha value is -2.15. The van der Waals surface area contributed by atoms with Gasteiger partial charge in [0.2, 0.25) is 5.89 Å². The molecule has 0 fully saturated rings. The topological polar surface area (TPSA) is 69.6 Å². The Bertz CT molecular complexity index is 876. The van der Waals surface area contributed by atoms with E-state index in [1.165, 1.54) is 5.56 Å². The van der Waals surface area contributed by atoms with Crippen molar-refractivity contribution in [3.63, 3.8) is 0 Å². The highest BCUT2D eigenvalue weighted by Crippen LogP contribution is 2.35. The van der Waals surface area contributed by atoms with Crippen LogP contribution in [-0.2, 0) is 12.0 Å². The van der Waals surface area contributed by atoms with E-state index in [4.69, 9.17) is 4.52 Å². The highest BCUT2D eigenvalue weighted by Gasteiger charge is 2.21. The van der Waals surface area contributed by atoms with E-state index in [-0.39, 0.29) is 10.7 Å². The first-order valence-corrected chi connectivity index (χ1v) is 9.68. The molecule has 0 aliphatic rings. The number of aryl methyl sites for hydroxylation is 1. The third-order valence-corrected chi connectivity index (χ3v) is 5.28. The smallest absolute Gasteiger partial charge is 0.239 e. The molecule has 26 heavy (non-hydrogen) atoms. The molecule has 3 aromatic rings. The molecule has 138 valence electrons. The summed E-state index contributed by atoms with van der Waals surface area (Å²) in [7, 11) is 0.